The minimum absolute atomic E-state index is 0.0920. The summed E-state index contributed by atoms with van der Waals surface area (Å²) in [6, 6.07) is 7.81. The molecule has 1 amide bonds. The van der Waals surface area contributed by atoms with Crippen LogP contribution < -0.4 is 4.90 Å². The van der Waals surface area contributed by atoms with Crippen LogP contribution in [0.3, 0.4) is 0 Å². The molecule has 0 spiro atoms. The molecule has 18 heavy (non-hydrogen) atoms. The highest BCUT2D eigenvalue weighted by Gasteiger charge is 2.12. The maximum Gasteiger partial charge on any atom is 0.253 e. The normalized spacial score (nSPS) is 10.6. The first-order valence-electron chi connectivity index (χ1n) is 6.52. The molecule has 100 valence electrons. The van der Waals surface area contributed by atoms with Crippen molar-refractivity contribution >= 4 is 11.6 Å². The van der Waals surface area contributed by atoms with Crippen LogP contribution in [0, 0.1) is 5.92 Å². The quantitative estimate of drug-likeness (QED) is 0.800. The summed E-state index contributed by atoms with van der Waals surface area (Å²) in [5.41, 5.74) is 1.90. The van der Waals surface area contributed by atoms with Crippen molar-refractivity contribution in [2.45, 2.75) is 20.8 Å². The van der Waals surface area contributed by atoms with Gasteiger partial charge in [0, 0.05) is 38.4 Å². The van der Waals surface area contributed by atoms with Crippen LogP contribution in [0.5, 0.6) is 0 Å². The largest absolute Gasteiger partial charge is 0.375 e. The van der Waals surface area contributed by atoms with Gasteiger partial charge in [0.05, 0.1) is 0 Å². The Morgan fingerprint density at radius 3 is 2.17 bits per heavy atom. The van der Waals surface area contributed by atoms with Crippen LogP contribution in [0.2, 0.25) is 0 Å². The molecule has 0 saturated heterocycles. The van der Waals surface area contributed by atoms with E-state index in [0.29, 0.717) is 5.92 Å². The lowest BCUT2D eigenvalue weighted by atomic mass is 10.1. The van der Waals surface area contributed by atoms with Gasteiger partial charge in [-0.25, -0.2) is 0 Å². The van der Waals surface area contributed by atoms with E-state index in [0.717, 1.165) is 24.3 Å². The first-order chi connectivity index (χ1) is 8.45. The number of hydrogen-bond donors (Lipinski definition) is 0. The average Bonchev–Trinajstić information content (AvgIpc) is 2.36. The zero-order valence-electron chi connectivity index (χ0n) is 12.1. The van der Waals surface area contributed by atoms with Gasteiger partial charge in [-0.2, -0.15) is 0 Å². The van der Waals surface area contributed by atoms with E-state index in [9.17, 15) is 4.79 Å². The molecular formula is C15H24N2O. The van der Waals surface area contributed by atoms with Gasteiger partial charge in [-0.1, -0.05) is 13.8 Å². The summed E-state index contributed by atoms with van der Waals surface area (Å²) in [5, 5.41) is 0. The predicted molar refractivity (Wildman–Crippen MR) is 77.2 cm³/mol. The number of rotatable bonds is 5. The van der Waals surface area contributed by atoms with Crippen molar-refractivity contribution in [3.05, 3.63) is 29.8 Å². The van der Waals surface area contributed by atoms with Gasteiger partial charge in [0.1, 0.15) is 0 Å². The minimum atomic E-state index is 0.0920. The van der Waals surface area contributed by atoms with E-state index in [1.54, 1.807) is 4.90 Å². The average molecular weight is 248 g/mol. The molecule has 3 nitrogen and oxygen atoms in total. The number of carbonyl (C=O) groups is 1. The Bertz CT molecular complexity index is 384. The molecule has 0 radical (unpaired) electrons. The van der Waals surface area contributed by atoms with Gasteiger partial charge in [-0.15, -0.1) is 0 Å². The van der Waals surface area contributed by atoms with Crippen LogP contribution in [0.4, 0.5) is 5.69 Å². The van der Waals surface area contributed by atoms with Crippen molar-refractivity contribution in [2.75, 3.05) is 32.1 Å². The highest BCUT2D eigenvalue weighted by molar-refractivity contribution is 5.94. The standard InChI is InChI=1S/C15H24N2O/c1-6-16(4)14-9-7-13(8-10-14)15(18)17(5)11-12(2)3/h7-10,12H,6,11H2,1-5H3. The summed E-state index contributed by atoms with van der Waals surface area (Å²) in [5.74, 6) is 0.582. The summed E-state index contributed by atoms with van der Waals surface area (Å²) in [4.78, 5) is 16.1. The lowest BCUT2D eigenvalue weighted by Crippen LogP contribution is -2.30. The smallest absolute Gasteiger partial charge is 0.253 e. The SMILES string of the molecule is CCN(C)c1ccc(C(=O)N(C)CC(C)C)cc1. The fourth-order valence-electron chi connectivity index (χ4n) is 1.89. The second-order valence-corrected chi connectivity index (χ2v) is 5.14. The van der Waals surface area contributed by atoms with Crippen molar-refractivity contribution in [2.24, 2.45) is 5.92 Å². The van der Waals surface area contributed by atoms with Crippen LogP contribution in [-0.4, -0.2) is 38.0 Å². The maximum absolute atomic E-state index is 12.1. The molecule has 0 unspecified atom stereocenters. The topological polar surface area (TPSA) is 23.6 Å². The molecule has 0 aliphatic rings. The summed E-state index contributed by atoms with van der Waals surface area (Å²) in [6.45, 7) is 8.08. The number of amides is 1. The Kier molecular flexibility index (Phi) is 5.20. The molecule has 0 saturated carbocycles. The van der Waals surface area contributed by atoms with Crippen LogP contribution in [0.15, 0.2) is 24.3 Å². The zero-order valence-corrected chi connectivity index (χ0v) is 12.1. The van der Waals surface area contributed by atoms with E-state index in [4.69, 9.17) is 0 Å². The lowest BCUT2D eigenvalue weighted by molar-refractivity contribution is 0.0779. The number of hydrogen-bond acceptors (Lipinski definition) is 2. The molecule has 0 heterocycles. The second kappa shape index (κ2) is 6.43. The predicted octanol–water partition coefficient (Wildman–Crippen LogP) is 2.87. The summed E-state index contributed by atoms with van der Waals surface area (Å²) in [6.07, 6.45) is 0. The van der Waals surface area contributed by atoms with Crippen molar-refractivity contribution in [3.8, 4) is 0 Å². The third kappa shape index (κ3) is 3.76. The Balaban J connectivity index is 2.75. The van der Waals surface area contributed by atoms with Crippen LogP contribution >= 0.6 is 0 Å². The molecule has 0 atom stereocenters. The van der Waals surface area contributed by atoms with Gasteiger partial charge in [-0.05, 0) is 37.1 Å². The number of anilines is 1. The summed E-state index contributed by atoms with van der Waals surface area (Å²) < 4.78 is 0. The fourth-order valence-corrected chi connectivity index (χ4v) is 1.89. The van der Waals surface area contributed by atoms with Gasteiger partial charge in [0.2, 0.25) is 0 Å². The maximum atomic E-state index is 12.1. The Hall–Kier alpha value is -1.51. The van der Waals surface area contributed by atoms with E-state index < -0.39 is 0 Å². The molecule has 0 aliphatic carbocycles. The monoisotopic (exact) mass is 248 g/mol. The molecule has 0 aliphatic heterocycles. The van der Waals surface area contributed by atoms with E-state index in [1.165, 1.54) is 0 Å². The van der Waals surface area contributed by atoms with Gasteiger partial charge in [-0.3, -0.25) is 4.79 Å². The number of benzene rings is 1. The highest BCUT2D eigenvalue weighted by Crippen LogP contribution is 2.14. The van der Waals surface area contributed by atoms with Crippen LogP contribution in [0.25, 0.3) is 0 Å². The lowest BCUT2D eigenvalue weighted by Gasteiger charge is -2.20. The molecule has 3 heteroatoms. The molecule has 1 rings (SSSR count). The van der Waals surface area contributed by atoms with Crippen LogP contribution in [0.1, 0.15) is 31.1 Å². The number of carbonyl (C=O) groups excluding carboxylic acids is 1. The Labute approximate surface area is 110 Å². The third-order valence-corrected chi connectivity index (χ3v) is 3.02. The molecule has 0 bridgehead atoms. The number of nitrogens with zero attached hydrogens (tertiary/aromatic N) is 2. The molecular weight excluding hydrogens is 224 g/mol. The first kappa shape index (κ1) is 14.6. The van der Waals surface area contributed by atoms with E-state index >= 15 is 0 Å². The van der Waals surface area contributed by atoms with Gasteiger partial charge >= 0.3 is 0 Å². The van der Waals surface area contributed by atoms with Crippen molar-refractivity contribution in [1.82, 2.24) is 4.90 Å². The van der Waals surface area contributed by atoms with E-state index in [1.807, 2.05) is 38.4 Å². The molecule has 0 fully saturated rings. The summed E-state index contributed by atoms with van der Waals surface area (Å²) in [7, 11) is 3.90. The third-order valence-electron chi connectivity index (χ3n) is 3.02. The molecule has 1 aromatic rings. The van der Waals surface area contributed by atoms with Gasteiger partial charge in [0.25, 0.3) is 5.91 Å². The van der Waals surface area contributed by atoms with Crippen molar-refractivity contribution in [3.63, 3.8) is 0 Å². The fraction of sp³-hybridized carbons (Fsp3) is 0.533. The first-order valence-corrected chi connectivity index (χ1v) is 6.52. The molecule has 1 aromatic carbocycles. The minimum Gasteiger partial charge on any atom is -0.375 e. The van der Waals surface area contributed by atoms with Crippen molar-refractivity contribution in [1.29, 1.82) is 0 Å². The summed E-state index contributed by atoms with van der Waals surface area (Å²) >= 11 is 0. The second-order valence-electron chi connectivity index (χ2n) is 5.14. The Morgan fingerprint density at radius 1 is 1.17 bits per heavy atom. The Morgan fingerprint density at radius 2 is 1.72 bits per heavy atom. The molecule has 0 N–H and O–H groups in total. The van der Waals surface area contributed by atoms with Crippen molar-refractivity contribution < 1.29 is 4.79 Å². The van der Waals surface area contributed by atoms with Crippen LogP contribution in [-0.2, 0) is 0 Å². The van der Waals surface area contributed by atoms with Gasteiger partial charge < -0.3 is 9.80 Å². The highest BCUT2D eigenvalue weighted by atomic mass is 16.2. The van der Waals surface area contributed by atoms with E-state index in [2.05, 4.69) is 25.7 Å². The molecule has 0 aromatic heterocycles. The van der Waals surface area contributed by atoms with Gasteiger partial charge in [0.15, 0.2) is 0 Å². The zero-order chi connectivity index (χ0) is 13.7. The van der Waals surface area contributed by atoms with E-state index in [-0.39, 0.29) is 5.91 Å².